The van der Waals surface area contributed by atoms with Crippen LogP contribution in [0, 0.1) is 12.3 Å². The summed E-state index contributed by atoms with van der Waals surface area (Å²) in [5, 5.41) is 9.48. The van der Waals surface area contributed by atoms with Gasteiger partial charge < -0.3 is 10.0 Å². The quantitative estimate of drug-likeness (QED) is 0.671. The van der Waals surface area contributed by atoms with Crippen molar-refractivity contribution in [1.29, 1.82) is 0 Å². The second-order valence-electron chi connectivity index (χ2n) is 3.63. The summed E-state index contributed by atoms with van der Waals surface area (Å²) < 4.78 is 0. The van der Waals surface area contributed by atoms with Crippen molar-refractivity contribution in [1.82, 2.24) is 0 Å². The van der Waals surface area contributed by atoms with Crippen LogP contribution in [-0.4, -0.2) is 18.7 Å². The number of hydrogen-bond acceptors (Lipinski definition) is 2. The third-order valence-corrected chi connectivity index (χ3v) is 2.70. The zero-order valence-electron chi connectivity index (χ0n) is 8.20. The molecule has 2 nitrogen and oxygen atoms in total. The Labute approximate surface area is 84.2 Å². The highest BCUT2D eigenvalue weighted by molar-refractivity contribution is 5.58. The highest BCUT2D eigenvalue weighted by atomic mass is 16.3. The van der Waals surface area contributed by atoms with Crippen molar-refractivity contribution in [3.8, 4) is 12.3 Å². The van der Waals surface area contributed by atoms with E-state index in [1.165, 1.54) is 11.3 Å². The first-order valence-electron chi connectivity index (χ1n) is 4.70. The Bertz CT molecular complexity index is 392. The first kappa shape index (κ1) is 9.11. The first-order valence-corrected chi connectivity index (χ1v) is 4.70. The molecule has 1 aliphatic rings. The fourth-order valence-electron chi connectivity index (χ4n) is 1.85. The molecule has 0 spiro atoms. The average molecular weight is 187 g/mol. The Hall–Kier alpha value is -1.46. The Kier molecular flexibility index (Phi) is 2.18. The van der Waals surface area contributed by atoms with E-state index in [2.05, 4.69) is 17.9 Å². The van der Waals surface area contributed by atoms with Crippen LogP contribution >= 0.6 is 0 Å². The maximum absolute atomic E-state index is 9.48. The van der Waals surface area contributed by atoms with Crippen LogP contribution in [0.15, 0.2) is 18.2 Å². The van der Waals surface area contributed by atoms with Gasteiger partial charge in [0.2, 0.25) is 0 Å². The average Bonchev–Trinajstić information content (AvgIpc) is 2.59. The van der Waals surface area contributed by atoms with Gasteiger partial charge in [-0.3, -0.25) is 0 Å². The summed E-state index contributed by atoms with van der Waals surface area (Å²) in [4.78, 5) is 2.21. The van der Waals surface area contributed by atoms with Gasteiger partial charge >= 0.3 is 0 Å². The maximum atomic E-state index is 9.48. The molecular formula is C12H13NO. The number of aliphatic hydroxyl groups excluding tert-OH is 1. The van der Waals surface area contributed by atoms with E-state index in [0.717, 1.165) is 18.5 Å². The normalized spacial score (nSPS) is 16.2. The second kappa shape index (κ2) is 3.36. The lowest BCUT2D eigenvalue weighted by atomic mass is 10.0. The predicted octanol–water partition coefficient (Wildman–Crippen LogP) is 1.35. The van der Waals surface area contributed by atoms with Crippen molar-refractivity contribution < 1.29 is 5.11 Å². The Morgan fingerprint density at radius 2 is 2.36 bits per heavy atom. The summed E-state index contributed by atoms with van der Waals surface area (Å²) in [5.74, 6) is 2.33. The molecule has 1 atom stereocenters. The summed E-state index contributed by atoms with van der Waals surface area (Å²) in [5.41, 5.74) is 3.35. The molecule has 1 heterocycles. The van der Waals surface area contributed by atoms with E-state index >= 15 is 0 Å². The van der Waals surface area contributed by atoms with Gasteiger partial charge in [0.05, 0.1) is 0 Å². The topological polar surface area (TPSA) is 23.5 Å². The molecule has 0 amide bonds. The molecule has 72 valence electrons. The van der Waals surface area contributed by atoms with E-state index in [4.69, 9.17) is 6.42 Å². The van der Waals surface area contributed by atoms with Gasteiger partial charge in [-0.1, -0.05) is 18.1 Å². The van der Waals surface area contributed by atoms with Gasteiger partial charge in [0.25, 0.3) is 0 Å². The van der Waals surface area contributed by atoms with Crippen molar-refractivity contribution in [2.45, 2.75) is 12.5 Å². The number of terminal acetylenes is 1. The van der Waals surface area contributed by atoms with Gasteiger partial charge in [0.15, 0.2) is 0 Å². The van der Waals surface area contributed by atoms with Crippen molar-refractivity contribution in [3.63, 3.8) is 0 Å². The summed E-state index contributed by atoms with van der Waals surface area (Å²) in [6.45, 7) is 1.05. The standard InChI is InChI=1S/C12H13NO/c1-3-12(14)10-4-5-11-9(8-10)6-7-13(11)2/h1,4-5,8,12,14H,6-7H2,2H3. The fraction of sp³-hybridized carbons (Fsp3) is 0.333. The van der Waals surface area contributed by atoms with Crippen molar-refractivity contribution in [2.24, 2.45) is 0 Å². The number of likely N-dealkylation sites (N-methyl/N-ethyl adjacent to an activating group) is 1. The number of rotatable bonds is 1. The van der Waals surface area contributed by atoms with Crippen LogP contribution in [0.2, 0.25) is 0 Å². The summed E-state index contributed by atoms with van der Waals surface area (Å²) >= 11 is 0. The zero-order valence-corrected chi connectivity index (χ0v) is 8.20. The minimum atomic E-state index is -0.772. The maximum Gasteiger partial charge on any atom is 0.139 e. The third kappa shape index (κ3) is 1.36. The molecule has 0 bridgehead atoms. The van der Waals surface area contributed by atoms with Gasteiger partial charge in [0.1, 0.15) is 6.10 Å². The van der Waals surface area contributed by atoms with Gasteiger partial charge in [-0.15, -0.1) is 6.42 Å². The molecule has 2 heteroatoms. The third-order valence-electron chi connectivity index (χ3n) is 2.70. The molecule has 1 aromatic rings. The monoisotopic (exact) mass is 187 g/mol. The largest absolute Gasteiger partial charge is 0.376 e. The molecule has 1 aromatic carbocycles. The van der Waals surface area contributed by atoms with Crippen molar-refractivity contribution in [2.75, 3.05) is 18.5 Å². The molecule has 1 N–H and O–H groups in total. The molecular weight excluding hydrogens is 174 g/mol. The highest BCUT2D eigenvalue weighted by Gasteiger charge is 2.16. The number of nitrogens with zero attached hydrogens (tertiary/aromatic N) is 1. The van der Waals surface area contributed by atoms with E-state index in [1.807, 2.05) is 18.2 Å². The van der Waals surface area contributed by atoms with E-state index in [-0.39, 0.29) is 0 Å². The number of fused-ring (bicyclic) bond motifs is 1. The molecule has 0 aliphatic carbocycles. The van der Waals surface area contributed by atoms with E-state index in [1.54, 1.807) is 0 Å². The van der Waals surface area contributed by atoms with E-state index in [0.29, 0.717) is 0 Å². The summed E-state index contributed by atoms with van der Waals surface area (Å²) in [7, 11) is 2.07. The first-order chi connectivity index (χ1) is 6.72. The molecule has 0 fully saturated rings. The SMILES string of the molecule is C#CC(O)c1ccc2c(c1)CCN2C. The number of aliphatic hydroxyl groups is 1. The molecule has 14 heavy (non-hydrogen) atoms. The summed E-state index contributed by atoms with van der Waals surface area (Å²) in [6, 6.07) is 5.92. The van der Waals surface area contributed by atoms with Gasteiger partial charge in [-0.2, -0.15) is 0 Å². The van der Waals surface area contributed by atoms with Gasteiger partial charge in [-0.25, -0.2) is 0 Å². The Morgan fingerprint density at radius 1 is 1.57 bits per heavy atom. The van der Waals surface area contributed by atoms with E-state index < -0.39 is 6.10 Å². The lowest BCUT2D eigenvalue weighted by molar-refractivity contribution is 0.238. The van der Waals surface area contributed by atoms with Crippen LogP contribution in [0.1, 0.15) is 17.2 Å². The van der Waals surface area contributed by atoms with Crippen LogP contribution in [0.4, 0.5) is 5.69 Å². The lowest BCUT2D eigenvalue weighted by Gasteiger charge is -2.12. The summed E-state index contributed by atoms with van der Waals surface area (Å²) in [6.07, 6.45) is 5.43. The molecule has 1 aliphatic heterocycles. The van der Waals surface area contributed by atoms with Crippen LogP contribution in [0.3, 0.4) is 0 Å². The number of hydrogen-bond donors (Lipinski definition) is 1. The Morgan fingerprint density at radius 3 is 3.07 bits per heavy atom. The molecule has 0 saturated heterocycles. The smallest absolute Gasteiger partial charge is 0.139 e. The molecule has 0 saturated carbocycles. The zero-order chi connectivity index (χ0) is 10.1. The highest BCUT2D eigenvalue weighted by Crippen LogP contribution is 2.28. The molecule has 2 rings (SSSR count). The molecule has 0 radical (unpaired) electrons. The predicted molar refractivity (Wildman–Crippen MR) is 57.2 cm³/mol. The fourth-order valence-corrected chi connectivity index (χ4v) is 1.85. The van der Waals surface area contributed by atoms with Gasteiger partial charge in [-0.05, 0) is 23.6 Å². The van der Waals surface area contributed by atoms with Crippen LogP contribution in [0.25, 0.3) is 0 Å². The minimum Gasteiger partial charge on any atom is -0.376 e. The van der Waals surface area contributed by atoms with Crippen LogP contribution in [0.5, 0.6) is 0 Å². The van der Waals surface area contributed by atoms with Crippen molar-refractivity contribution >= 4 is 5.69 Å². The molecule has 1 unspecified atom stereocenters. The second-order valence-corrected chi connectivity index (χ2v) is 3.63. The number of benzene rings is 1. The van der Waals surface area contributed by atoms with E-state index in [9.17, 15) is 5.11 Å². The van der Waals surface area contributed by atoms with Crippen LogP contribution in [-0.2, 0) is 6.42 Å². The Balaban J connectivity index is 2.38. The molecule has 0 aromatic heterocycles. The number of anilines is 1. The van der Waals surface area contributed by atoms with Crippen LogP contribution < -0.4 is 4.90 Å². The van der Waals surface area contributed by atoms with Crippen molar-refractivity contribution in [3.05, 3.63) is 29.3 Å². The minimum absolute atomic E-state index is 0.772. The lowest BCUT2D eigenvalue weighted by Crippen LogP contribution is -2.12. The van der Waals surface area contributed by atoms with Gasteiger partial charge in [0, 0.05) is 19.3 Å².